The number of benzene rings is 2. The fraction of sp³-hybridized carbons (Fsp3) is 0. The molecule has 0 atom stereocenters. The minimum absolute atomic E-state index is 0.292. The van der Waals surface area contributed by atoms with E-state index in [4.69, 9.17) is 10.3 Å². The summed E-state index contributed by atoms with van der Waals surface area (Å²) < 4.78 is 8.82. The smallest absolute Gasteiger partial charge is 0.280 e. The van der Waals surface area contributed by atoms with Gasteiger partial charge in [-0.15, -0.1) is 0 Å². The van der Waals surface area contributed by atoms with Gasteiger partial charge in [-0.05, 0) is 70.5 Å². The third-order valence-corrected chi connectivity index (χ3v) is 5.20. The highest BCUT2D eigenvalue weighted by Gasteiger charge is 2.09. The molecule has 0 radical (unpaired) electrons. The van der Waals surface area contributed by atoms with Gasteiger partial charge < -0.3 is 10.3 Å². The van der Waals surface area contributed by atoms with E-state index in [2.05, 4.69) is 36.8 Å². The van der Waals surface area contributed by atoms with Crippen molar-refractivity contribution >= 4 is 54.9 Å². The van der Waals surface area contributed by atoms with Crippen molar-refractivity contribution in [3.8, 4) is 11.3 Å². The normalized spacial score (nSPS) is 11.5. The maximum absolute atomic E-state index is 12.3. The number of furan rings is 1. The largest absolute Gasteiger partial charge is 0.457 e. The molecule has 0 fully saturated rings. The highest BCUT2D eigenvalue weighted by molar-refractivity contribution is 9.11. The number of rotatable bonds is 3. The lowest BCUT2D eigenvalue weighted by Crippen LogP contribution is -2.30. The van der Waals surface area contributed by atoms with Crippen LogP contribution in [0.4, 0.5) is 0 Å². The van der Waals surface area contributed by atoms with Crippen molar-refractivity contribution in [3.63, 3.8) is 0 Å². The first-order chi connectivity index (χ1) is 13.0. The second-order valence-corrected chi connectivity index (χ2v) is 7.59. The van der Waals surface area contributed by atoms with Gasteiger partial charge in [-0.3, -0.25) is 4.79 Å². The Kier molecular flexibility index (Phi) is 4.72. The fourth-order valence-electron chi connectivity index (χ4n) is 2.71. The number of nitrogens with zero attached hydrogens (tertiary/aromatic N) is 2. The molecule has 2 aromatic carbocycles. The molecule has 27 heavy (non-hydrogen) atoms. The van der Waals surface area contributed by atoms with Crippen molar-refractivity contribution in [3.05, 3.63) is 85.5 Å². The Hall–Kier alpha value is -2.64. The van der Waals surface area contributed by atoms with Crippen LogP contribution in [0.2, 0.25) is 0 Å². The molecule has 4 aromatic rings. The molecule has 0 aliphatic rings. The average molecular weight is 487 g/mol. The first-order valence-corrected chi connectivity index (χ1v) is 9.62. The van der Waals surface area contributed by atoms with E-state index in [0.717, 1.165) is 24.9 Å². The van der Waals surface area contributed by atoms with Crippen LogP contribution in [-0.2, 0) is 0 Å². The van der Waals surface area contributed by atoms with Gasteiger partial charge in [0.05, 0.1) is 10.9 Å². The second kappa shape index (κ2) is 7.17. The zero-order valence-electron chi connectivity index (χ0n) is 13.9. The van der Waals surface area contributed by atoms with E-state index < -0.39 is 0 Å². The monoisotopic (exact) mass is 485 g/mol. The topological polar surface area (TPSA) is 74.1 Å². The summed E-state index contributed by atoms with van der Waals surface area (Å²) >= 11 is 6.97. The highest BCUT2D eigenvalue weighted by atomic mass is 79.9. The van der Waals surface area contributed by atoms with Crippen LogP contribution in [0.3, 0.4) is 0 Å². The number of halogens is 2. The van der Waals surface area contributed by atoms with E-state index in [1.54, 1.807) is 30.4 Å². The van der Waals surface area contributed by atoms with E-state index in [-0.39, 0.29) is 5.56 Å². The molecular weight excluding hydrogens is 474 g/mol. The molecular formula is C20H13Br2N3O2. The lowest BCUT2D eigenvalue weighted by Gasteiger charge is -2.04. The molecule has 2 N–H and O–H groups in total. The summed E-state index contributed by atoms with van der Waals surface area (Å²) in [4.78, 5) is 16.8. The number of hydrogen-bond donors (Lipinski definition) is 1. The molecule has 2 aromatic heterocycles. The van der Waals surface area contributed by atoms with Crippen LogP contribution >= 0.6 is 31.9 Å². The quantitative estimate of drug-likeness (QED) is 0.410. The van der Waals surface area contributed by atoms with Gasteiger partial charge in [0.2, 0.25) is 0 Å². The van der Waals surface area contributed by atoms with Gasteiger partial charge in [0.25, 0.3) is 5.56 Å². The maximum Gasteiger partial charge on any atom is 0.280 e. The predicted molar refractivity (Wildman–Crippen MR) is 115 cm³/mol. The Labute approximate surface area is 171 Å². The summed E-state index contributed by atoms with van der Waals surface area (Å²) in [6.07, 6.45) is 3.39. The van der Waals surface area contributed by atoms with E-state index in [1.807, 2.05) is 36.4 Å². The molecule has 0 aliphatic heterocycles. The van der Waals surface area contributed by atoms with E-state index in [1.165, 1.54) is 0 Å². The molecule has 5 nitrogen and oxygen atoms in total. The molecule has 0 saturated carbocycles. The second-order valence-electron chi connectivity index (χ2n) is 5.82. The summed E-state index contributed by atoms with van der Waals surface area (Å²) in [5, 5.41) is 0.484. The number of nitrogens with two attached hydrogens (primary N) is 1. The zero-order valence-corrected chi connectivity index (χ0v) is 17.1. The number of para-hydroxylation sites is 1. The van der Waals surface area contributed by atoms with Crippen LogP contribution in [0.5, 0.6) is 0 Å². The lowest BCUT2D eigenvalue weighted by molar-refractivity contribution is 0.571. The summed E-state index contributed by atoms with van der Waals surface area (Å²) in [6.45, 7) is 0. The molecule has 0 bridgehead atoms. The van der Waals surface area contributed by atoms with Crippen LogP contribution in [-0.4, -0.2) is 9.66 Å². The van der Waals surface area contributed by atoms with Crippen molar-refractivity contribution in [2.24, 2.45) is 0 Å². The Balaban J connectivity index is 1.68. The molecule has 0 aliphatic carbocycles. The summed E-state index contributed by atoms with van der Waals surface area (Å²) in [5.41, 5.74) is 1.25. The predicted octanol–water partition coefficient (Wildman–Crippen LogP) is 5.07. The summed E-state index contributed by atoms with van der Waals surface area (Å²) in [6, 6.07) is 16.7. The molecule has 0 amide bonds. The van der Waals surface area contributed by atoms with Crippen molar-refractivity contribution in [2.75, 3.05) is 5.84 Å². The van der Waals surface area contributed by atoms with Gasteiger partial charge in [0, 0.05) is 14.5 Å². The van der Waals surface area contributed by atoms with Gasteiger partial charge in [-0.1, -0.05) is 28.1 Å². The van der Waals surface area contributed by atoms with Gasteiger partial charge in [-0.2, -0.15) is 0 Å². The molecule has 0 unspecified atom stereocenters. The molecule has 134 valence electrons. The van der Waals surface area contributed by atoms with Gasteiger partial charge in [-0.25, -0.2) is 9.66 Å². The highest BCUT2D eigenvalue weighted by Crippen LogP contribution is 2.32. The van der Waals surface area contributed by atoms with Crippen molar-refractivity contribution in [2.45, 2.75) is 0 Å². The van der Waals surface area contributed by atoms with Gasteiger partial charge in [0.15, 0.2) is 5.82 Å². The van der Waals surface area contributed by atoms with Crippen LogP contribution in [0.15, 0.2) is 72.8 Å². The van der Waals surface area contributed by atoms with E-state index in [9.17, 15) is 4.79 Å². The summed E-state index contributed by atoms with van der Waals surface area (Å²) in [5.74, 6) is 7.60. The maximum atomic E-state index is 12.3. The van der Waals surface area contributed by atoms with E-state index >= 15 is 0 Å². The molecule has 2 heterocycles. The standard InChI is InChI=1S/C20H13Br2N3O2/c21-12-5-8-14(16(22)11-12)18-9-6-13(27-18)7-10-19-24-17-4-2-1-3-15(17)20(26)25(19)23/h1-11H,23H2/b10-7+. The number of nitrogen functional groups attached to an aromatic ring is 1. The van der Waals surface area contributed by atoms with Crippen molar-refractivity contribution < 1.29 is 4.42 Å². The number of fused-ring (bicyclic) bond motifs is 1. The Morgan fingerprint density at radius 3 is 2.67 bits per heavy atom. The van der Waals surface area contributed by atoms with Crippen LogP contribution in [0.25, 0.3) is 34.4 Å². The third-order valence-electron chi connectivity index (χ3n) is 4.06. The molecule has 0 spiro atoms. The van der Waals surface area contributed by atoms with Crippen LogP contribution in [0.1, 0.15) is 11.6 Å². The Bertz CT molecular complexity index is 1240. The zero-order chi connectivity index (χ0) is 19.0. The minimum atomic E-state index is -0.292. The van der Waals surface area contributed by atoms with Crippen molar-refractivity contribution in [1.29, 1.82) is 0 Å². The number of aromatic nitrogens is 2. The SMILES string of the molecule is Nn1c(/C=C/c2ccc(-c3ccc(Br)cc3Br)o2)nc2ccccc2c1=O. The Morgan fingerprint density at radius 1 is 1.04 bits per heavy atom. The van der Waals surface area contributed by atoms with Crippen LogP contribution < -0.4 is 11.4 Å². The summed E-state index contributed by atoms with van der Waals surface area (Å²) in [7, 11) is 0. The van der Waals surface area contributed by atoms with Crippen molar-refractivity contribution in [1.82, 2.24) is 9.66 Å². The van der Waals surface area contributed by atoms with Gasteiger partial charge in [0.1, 0.15) is 11.5 Å². The lowest BCUT2D eigenvalue weighted by atomic mass is 10.2. The van der Waals surface area contributed by atoms with Crippen LogP contribution in [0, 0.1) is 0 Å². The first-order valence-electron chi connectivity index (χ1n) is 8.03. The fourth-order valence-corrected chi connectivity index (χ4v) is 3.96. The molecule has 0 saturated heterocycles. The average Bonchev–Trinajstić information content (AvgIpc) is 3.12. The van der Waals surface area contributed by atoms with E-state index in [0.29, 0.717) is 22.5 Å². The van der Waals surface area contributed by atoms with Gasteiger partial charge >= 0.3 is 0 Å². The Morgan fingerprint density at radius 2 is 1.85 bits per heavy atom. The molecule has 7 heteroatoms. The third kappa shape index (κ3) is 3.48. The minimum Gasteiger partial charge on any atom is -0.457 e. The number of hydrogen-bond acceptors (Lipinski definition) is 4. The molecule has 4 rings (SSSR count). The first kappa shape index (κ1) is 17.8.